The summed E-state index contributed by atoms with van der Waals surface area (Å²) in [6, 6.07) is 11.8. The summed E-state index contributed by atoms with van der Waals surface area (Å²) in [4.78, 5) is 12.1. The Labute approximate surface area is 121 Å². The van der Waals surface area contributed by atoms with Gasteiger partial charge in [0, 0.05) is 6.54 Å². The highest BCUT2D eigenvalue weighted by atomic mass is 16.1. The highest BCUT2D eigenvalue weighted by Gasteiger charge is 2.45. The number of nitrogens with one attached hydrogen (secondary N) is 1. The van der Waals surface area contributed by atoms with E-state index in [4.69, 9.17) is 0 Å². The van der Waals surface area contributed by atoms with Crippen molar-refractivity contribution in [2.24, 2.45) is 17.3 Å². The van der Waals surface area contributed by atoms with Crippen molar-refractivity contribution in [3.05, 3.63) is 35.9 Å². The Morgan fingerprint density at radius 2 is 2.00 bits per heavy atom. The third kappa shape index (κ3) is 3.39. The molecule has 3 heteroatoms. The minimum Gasteiger partial charge on any atom is -0.354 e. The number of nitrogens with zero attached hydrogens (tertiary/aromatic N) is 1. The zero-order chi connectivity index (χ0) is 14.6. The van der Waals surface area contributed by atoms with Gasteiger partial charge in [0.05, 0.1) is 6.07 Å². The van der Waals surface area contributed by atoms with Crippen LogP contribution in [0, 0.1) is 28.6 Å². The second-order valence-electron chi connectivity index (χ2n) is 6.11. The lowest BCUT2D eigenvalue weighted by atomic mass is 9.92. The molecule has 3 nitrogen and oxygen atoms in total. The molecule has 2 rings (SSSR count). The van der Waals surface area contributed by atoms with Crippen LogP contribution in [-0.2, 0) is 11.2 Å². The molecule has 1 N–H and O–H groups in total. The minimum atomic E-state index is -0.597. The zero-order valence-electron chi connectivity index (χ0n) is 12.2. The van der Waals surface area contributed by atoms with Gasteiger partial charge in [-0.1, -0.05) is 44.2 Å². The minimum absolute atomic E-state index is 0.136. The maximum absolute atomic E-state index is 12.1. The third-order valence-corrected chi connectivity index (χ3v) is 4.49. The number of rotatable bonds is 6. The molecule has 1 aliphatic rings. The van der Waals surface area contributed by atoms with Crippen molar-refractivity contribution >= 4 is 5.91 Å². The van der Waals surface area contributed by atoms with Crippen LogP contribution < -0.4 is 5.32 Å². The van der Waals surface area contributed by atoms with Gasteiger partial charge in [0.2, 0.25) is 5.91 Å². The predicted molar refractivity (Wildman–Crippen MR) is 78.8 cm³/mol. The zero-order valence-corrected chi connectivity index (χ0v) is 12.2. The normalized spacial score (nSPS) is 17.3. The standard InChI is InChI=1S/C17H22N2O/c1-13(2)17(8-9-17)12-19-16(20)15(11-18)10-14-6-4-3-5-7-14/h3-7,13,15H,8-10,12H2,1-2H3,(H,19,20). The van der Waals surface area contributed by atoms with Crippen molar-refractivity contribution < 1.29 is 4.79 Å². The van der Waals surface area contributed by atoms with Crippen LogP contribution >= 0.6 is 0 Å². The summed E-state index contributed by atoms with van der Waals surface area (Å²) >= 11 is 0. The van der Waals surface area contributed by atoms with Crippen molar-refractivity contribution in [1.82, 2.24) is 5.32 Å². The van der Waals surface area contributed by atoms with E-state index in [9.17, 15) is 10.1 Å². The van der Waals surface area contributed by atoms with E-state index in [0.29, 0.717) is 18.9 Å². The Bertz CT molecular complexity index is 497. The molecule has 0 aliphatic heterocycles. The molecule has 0 saturated heterocycles. The first-order valence-corrected chi connectivity index (χ1v) is 7.29. The highest BCUT2D eigenvalue weighted by Crippen LogP contribution is 2.51. The maximum atomic E-state index is 12.1. The van der Waals surface area contributed by atoms with Crippen LogP contribution in [0.1, 0.15) is 32.3 Å². The summed E-state index contributed by atoms with van der Waals surface area (Å²) in [6.07, 6.45) is 2.85. The Morgan fingerprint density at radius 1 is 1.35 bits per heavy atom. The Morgan fingerprint density at radius 3 is 2.50 bits per heavy atom. The second-order valence-corrected chi connectivity index (χ2v) is 6.11. The van der Waals surface area contributed by atoms with E-state index in [1.165, 1.54) is 12.8 Å². The van der Waals surface area contributed by atoms with Crippen molar-refractivity contribution in [2.45, 2.75) is 33.1 Å². The number of benzene rings is 1. The van der Waals surface area contributed by atoms with Gasteiger partial charge in [-0.05, 0) is 36.2 Å². The number of carbonyl (C=O) groups excluding carboxylic acids is 1. The fourth-order valence-corrected chi connectivity index (χ4v) is 2.55. The monoisotopic (exact) mass is 270 g/mol. The second kappa shape index (κ2) is 6.09. The number of carbonyl (C=O) groups is 1. The highest BCUT2D eigenvalue weighted by molar-refractivity contribution is 5.81. The Balaban J connectivity index is 1.89. The lowest BCUT2D eigenvalue weighted by Crippen LogP contribution is -2.37. The largest absolute Gasteiger partial charge is 0.354 e. The topological polar surface area (TPSA) is 52.9 Å². The summed E-state index contributed by atoms with van der Waals surface area (Å²) in [6.45, 7) is 5.10. The Kier molecular flexibility index (Phi) is 4.44. The van der Waals surface area contributed by atoms with Gasteiger partial charge in [0.1, 0.15) is 5.92 Å². The molecule has 0 bridgehead atoms. The first-order chi connectivity index (χ1) is 9.57. The van der Waals surface area contributed by atoms with E-state index in [0.717, 1.165) is 5.56 Å². The molecule has 1 saturated carbocycles. The van der Waals surface area contributed by atoms with Gasteiger partial charge in [-0.25, -0.2) is 0 Å². The van der Waals surface area contributed by atoms with Crippen LogP contribution in [0.2, 0.25) is 0 Å². The van der Waals surface area contributed by atoms with Gasteiger partial charge in [-0.2, -0.15) is 5.26 Å². The molecule has 1 aromatic rings. The number of hydrogen-bond donors (Lipinski definition) is 1. The average molecular weight is 270 g/mol. The lowest BCUT2D eigenvalue weighted by molar-refractivity contribution is -0.123. The summed E-state index contributed by atoms with van der Waals surface area (Å²) in [5.74, 6) is -0.152. The van der Waals surface area contributed by atoms with E-state index in [-0.39, 0.29) is 11.3 Å². The van der Waals surface area contributed by atoms with Crippen LogP contribution in [0.25, 0.3) is 0 Å². The number of nitriles is 1. The number of amides is 1. The van der Waals surface area contributed by atoms with Gasteiger partial charge in [0.15, 0.2) is 0 Å². The van der Waals surface area contributed by atoms with Crippen molar-refractivity contribution in [1.29, 1.82) is 5.26 Å². The first-order valence-electron chi connectivity index (χ1n) is 7.29. The van der Waals surface area contributed by atoms with Gasteiger partial charge < -0.3 is 5.32 Å². The predicted octanol–water partition coefficient (Wildman–Crippen LogP) is 2.92. The van der Waals surface area contributed by atoms with Gasteiger partial charge >= 0.3 is 0 Å². The molecule has 1 fully saturated rings. The van der Waals surface area contributed by atoms with Crippen LogP contribution in [-0.4, -0.2) is 12.5 Å². The number of hydrogen-bond acceptors (Lipinski definition) is 2. The van der Waals surface area contributed by atoms with Gasteiger partial charge in [0.25, 0.3) is 0 Å². The quantitative estimate of drug-likeness (QED) is 0.864. The van der Waals surface area contributed by atoms with Crippen LogP contribution in [0.5, 0.6) is 0 Å². The molecule has 0 heterocycles. The molecule has 1 atom stereocenters. The van der Waals surface area contributed by atoms with E-state index >= 15 is 0 Å². The van der Waals surface area contributed by atoms with E-state index < -0.39 is 5.92 Å². The van der Waals surface area contributed by atoms with Gasteiger partial charge in [-0.15, -0.1) is 0 Å². The molecular weight excluding hydrogens is 248 g/mol. The van der Waals surface area contributed by atoms with Crippen LogP contribution in [0.4, 0.5) is 0 Å². The first kappa shape index (κ1) is 14.6. The molecule has 0 aromatic heterocycles. The molecular formula is C17H22N2O. The van der Waals surface area contributed by atoms with Crippen LogP contribution in [0.3, 0.4) is 0 Å². The molecule has 1 aromatic carbocycles. The maximum Gasteiger partial charge on any atom is 0.237 e. The lowest BCUT2D eigenvalue weighted by Gasteiger charge is -2.21. The molecule has 1 unspecified atom stereocenters. The van der Waals surface area contributed by atoms with E-state index in [1.54, 1.807) is 0 Å². The van der Waals surface area contributed by atoms with E-state index in [2.05, 4.69) is 25.2 Å². The van der Waals surface area contributed by atoms with Crippen molar-refractivity contribution in [2.75, 3.05) is 6.54 Å². The summed E-state index contributed by atoms with van der Waals surface area (Å²) in [5, 5.41) is 12.2. The summed E-state index contributed by atoms with van der Waals surface area (Å²) < 4.78 is 0. The molecule has 1 amide bonds. The summed E-state index contributed by atoms with van der Waals surface area (Å²) in [5.41, 5.74) is 1.31. The molecule has 0 spiro atoms. The van der Waals surface area contributed by atoms with E-state index in [1.807, 2.05) is 30.3 Å². The molecule has 0 radical (unpaired) electrons. The average Bonchev–Trinajstić information content (AvgIpc) is 3.24. The fraction of sp³-hybridized carbons (Fsp3) is 0.529. The van der Waals surface area contributed by atoms with Gasteiger partial charge in [-0.3, -0.25) is 4.79 Å². The molecule has 20 heavy (non-hydrogen) atoms. The van der Waals surface area contributed by atoms with Crippen molar-refractivity contribution in [3.8, 4) is 6.07 Å². The third-order valence-electron chi connectivity index (χ3n) is 4.49. The fourth-order valence-electron chi connectivity index (χ4n) is 2.55. The SMILES string of the molecule is CC(C)C1(CNC(=O)C(C#N)Cc2ccccc2)CC1. The smallest absolute Gasteiger partial charge is 0.237 e. The van der Waals surface area contributed by atoms with Crippen molar-refractivity contribution in [3.63, 3.8) is 0 Å². The van der Waals surface area contributed by atoms with Crippen LogP contribution in [0.15, 0.2) is 30.3 Å². The molecule has 106 valence electrons. The molecule has 1 aliphatic carbocycles. The Hall–Kier alpha value is -1.82. The summed E-state index contributed by atoms with van der Waals surface area (Å²) in [7, 11) is 0.